The summed E-state index contributed by atoms with van der Waals surface area (Å²) in [7, 11) is -2.53. The summed E-state index contributed by atoms with van der Waals surface area (Å²) in [5, 5.41) is 3.53. The smallest absolute Gasteiger partial charge is 0.0675 e. The fourth-order valence-corrected chi connectivity index (χ4v) is 11.7. The molecule has 0 radical (unpaired) electrons. The van der Waals surface area contributed by atoms with Crippen molar-refractivity contribution in [1.29, 1.82) is 0 Å². The van der Waals surface area contributed by atoms with Gasteiger partial charge < -0.3 is 0 Å². The maximum absolute atomic E-state index is 2.69. The molecule has 0 N–H and O–H groups in total. The second-order valence-corrected chi connectivity index (χ2v) is 17.5. The van der Waals surface area contributed by atoms with E-state index in [1.165, 1.54) is 42.7 Å². The van der Waals surface area contributed by atoms with Crippen LogP contribution in [0.5, 0.6) is 0 Å². The lowest BCUT2D eigenvalue weighted by Gasteiger charge is -2.34. The molecule has 0 amide bonds. The van der Waals surface area contributed by atoms with Crippen LogP contribution in [0.15, 0.2) is 18.2 Å². The summed E-state index contributed by atoms with van der Waals surface area (Å²) >= 11 is 0. The molecule has 0 aliphatic carbocycles. The van der Waals surface area contributed by atoms with Crippen molar-refractivity contribution in [3.63, 3.8) is 0 Å². The first-order valence-electron chi connectivity index (χ1n) is 9.66. The molecule has 0 aromatic heterocycles. The van der Waals surface area contributed by atoms with E-state index >= 15 is 0 Å². The molecule has 0 aliphatic rings. The highest BCUT2D eigenvalue weighted by molar-refractivity contribution is 6.94. The minimum Gasteiger partial charge on any atom is -0.0675 e. The van der Waals surface area contributed by atoms with Gasteiger partial charge in [-0.2, -0.15) is 0 Å². The molecular formula is C20H38Si2. The normalized spacial score (nSPS) is 12.7. The first-order valence-corrected chi connectivity index (χ1v) is 14.9. The first kappa shape index (κ1) is 19.7. The SMILES string of the molecule is CCc1cc([Si](CC)(CC)CC)cc([Si](CC)(CC)CC)c1. The van der Waals surface area contributed by atoms with Crippen LogP contribution in [0.25, 0.3) is 0 Å². The quantitative estimate of drug-likeness (QED) is 0.510. The van der Waals surface area contributed by atoms with Gasteiger partial charge in [0.15, 0.2) is 0 Å². The van der Waals surface area contributed by atoms with Gasteiger partial charge in [-0.25, -0.2) is 0 Å². The second-order valence-electron chi connectivity index (χ2n) is 6.95. The molecule has 0 saturated carbocycles. The average molecular weight is 335 g/mol. The topological polar surface area (TPSA) is 0 Å². The predicted octanol–water partition coefficient (Wildman–Crippen LogP) is 5.68. The molecule has 1 rings (SSSR count). The maximum Gasteiger partial charge on any atom is 0.0859 e. The lowest BCUT2D eigenvalue weighted by atomic mass is 10.2. The average Bonchev–Trinajstić information content (AvgIpc) is 2.59. The van der Waals surface area contributed by atoms with E-state index in [1.807, 2.05) is 0 Å². The van der Waals surface area contributed by atoms with Crippen molar-refractivity contribution in [3.8, 4) is 0 Å². The molecule has 0 fully saturated rings. The monoisotopic (exact) mass is 334 g/mol. The van der Waals surface area contributed by atoms with E-state index in [4.69, 9.17) is 0 Å². The van der Waals surface area contributed by atoms with Gasteiger partial charge in [-0.3, -0.25) is 0 Å². The maximum atomic E-state index is 2.69. The molecule has 0 atom stereocenters. The molecule has 0 bridgehead atoms. The Morgan fingerprint density at radius 3 is 1.09 bits per heavy atom. The standard InChI is InChI=1S/C20H38Si2/c1-8-18-15-19(21(9-2,10-3)11-4)17-20(16-18)22(12-5,13-6)14-7/h15-17H,8-14H2,1-7H3. The Labute approximate surface area is 141 Å². The highest BCUT2D eigenvalue weighted by Gasteiger charge is 2.33. The van der Waals surface area contributed by atoms with Crippen LogP contribution in [-0.4, -0.2) is 16.1 Å². The summed E-state index contributed by atoms with van der Waals surface area (Å²) in [6, 6.07) is 16.2. The van der Waals surface area contributed by atoms with E-state index in [9.17, 15) is 0 Å². The fourth-order valence-electron chi connectivity index (χ4n) is 4.23. The van der Waals surface area contributed by atoms with Gasteiger partial charge in [0, 0.05) is 0 Å². The predicted molar refractivity (Wildman–Crippen MR) is 109 cm³/mol. The fraction of sp³-hybridized carbons (Fsp3) is 0.700. The Balaban J connectivity index is 3.53. The minimum atomic E-state index is -1.27. The molecule has 2 heteroatoms. The Hall–Kier alpha value is -0.346. The first-order chi connectivity index (χ1) is 10.5. The largest absolute Gasteiger partial charge is 0.0859 e. The highest BCUT2D eigenvalue weighted by Crippen LogP contribution is 2.24. The van der Waals surface area contributed by atoms with Gasteiger partial charge in [-0.05, 0) is 12.0 Å². The molecule has 22 heavy (non-hydrogen) atoms. The van der Waals surface area contributed by atoms with E-state index in [0.717, 1.165) is 0 Å². The van der Waals surface area contributed by atoms with Crippen molar-refractivity contribution in [2.45, 2.75) is 91.2 Å². The zero-order chi connectivity index (χ0) is 16.8. The zero-order valence-electron chi connectivity index (χ0n) is 16.2. The van der Waals surface area contributed by atoms with Gasteiger partial charge >= 0.3 is 0 Å². The van der Waals surface area contributed by atoms with Gasteiger partial charge in [0.2, 0.25) is 0 Å². The van der Waals surface area contributed by atoms with Gasteiger partial charge in [0.05, 0.1) is 16.1 Å². The van der Waals surface area contributed by atoms with Crippen molar-refractivity contribution in [2.24, 2.45) is 0 Å². The molecule has 0 heterocycles. The lowest BCUT2D eigenvalue weighted by Crippen LogP contribution is -2.52. The second kappa shape index (κ2) is 8.49. The van der Waals surface area contributed by atoms with Crippen LogP contribution in [0.4, 0.5) is 0 Å². The van der Waals surface area contributed by atoms with Crippen molar-refractivity contribution in [3.05, 3.63) is 23.8 Å². The molecule has 0 aliphatic heterocycles. The van der Waals surface area contributed by atoms with Crippen LogP contribution in [0.2, 0.25) is 36.3 Å². The Morgan fingerprint density at radius 1 is 0.545 bits per heavy atom. The van der Waals surface area contributed by atoms with Crippen molar-refractivity contribution < 1.29 is 0 Å². The molecule has 0 unspecified atom stereocenters. The van der Waals surface area contributed by atoms with E-state index in [2.05, 4.69) is 66.7 Å². The number of rotatable bonds is 9. The Morgan fingerprint density at radius 2 is 0.864 bits per heavy atom. The molecule has 126 valence electrons. The van der Waals surface area contributed by atoms with Crippen LogP contribution in [0.1, 0.15) is 54.0 Å². The van der Waals surface area contributed by atoms with Crippen LogP contribution >= 0.6 is 0 Å². The van der Waals surface area contributed by atoms with Gasteiger partial charge in [-0.15, -0.1) is 0 Å². The molecule has 0 saturated heterocycles. The van der Waals surface area contributed by atoms with Crippen LogP contribution in [0, 0.1) is 0 Å². The number of hydrogen-bond donors (Lipinski definition) is 0. The van der Waals surface area contributed by atoms with E-state index < -0.39 is 16.1 Å². The van der Waals surface area contributed by atoms with Crippen LogP contribution in [0.3, 0.4) is 0 Å². The Kier molecular flexibility index (Phi) is 7.60. The van der Waals surface area contributed by atoms with Crippen molar-refractivity contribution in [2.75, 3.05) is 0 Å². The van der Waals surface area contributed by atoms with Crippen molar-refractivity contribution in [1.82, 2.24) is 0 Å². The van der Waals surface area contributed by atoms with Crippen LogP contribution in [-0.2, 0) is 6.42 Å². The van der Waals surface area contributed by atoms with Crippen LogP contribution < -0.4 is 10.4 Å². The third kappa shape index (κ3) is 3.59. The summed E-state index contributed by atoms with van der Waals surface area (Å²) in [5.74, 6) is 0. The van der Waals surface area contributed by atoms with E-state index in [0.29, 0.717) is 0 Å². The third-order valence-electron chi connectivity index (χ3n) is 6.69. The molecule has 0 nitrogen and oxygen atoms in total. The number of benzene rings is 1. The van der Waals surface area contributed by atoms with E-state index in [1.54, 1.807) is 15.9 Å². The number of aryl methyl sites for hydroxylation is 1. The Bertz CT molecular complexity index is 402. The minimum absolute atomic E-state index is 1.18. The van der Waals surface area contributed by atoms with Crippen molar-refractivity contribution >= 4 is 26.5 Å². The van der Waals surface area contributed by atoms with E-state index in [-0.39, 0.29) is 0 Å². The summed E-state index contributed by atoms with van der Waals surface area (Å²) in [6.07, 6.45) is 1.18. The summed E-state index contributed by atoms with van der Waals surface area (Å²) < 4.78 is 0. The highest BCUT2D eigenvalue weighted by atomic mass is 28.3. The summed E-state index contributed by atoms with van der Waals surface area (Å²) in [6.45, 7) is 16.9. The third-order valence-corrected chi connectivity index (χ3v) is 17.8. The molecule has 1 aromatic carbocycles. The summed E-state index contributed by atoms with van der Waals surface area (Å²) in [4.78, 5) is 0. The molecule has 0 spiro atoms. The summed E-state index contributed by atoms with van der Waals surface area (Å²) in [5.41, 5.74) is 1.59. The van der Waals surface area contributed by atoms with Gasteiger partial charge in [0.25, 0.3) is 0 Å². The molecular weight excluding hydrogens is 296 g/mol. The molecule has 1 aromatic rings. The van der Waals surface area contributed by atoms with Gasteiger partial charge in [-0.1, -0.05) is 113 Å². The number of hydrogen-bond acceptors (Lipinski definition) is 0. The lowest BCUT2D eigenvalue weighted by molar-refractivity contribution is 1.13. The zero-order valence-corrected chi connectivity index (χ0v) is 18.2. The van der Waals surface area contributed by atoms with Gasteiger partial charge in [0.1, 0.15) is 0 Å².